The van der Waals surface area contributed by atoms with Gasteiger partial charge in [0.05, 0.1) is 12.7 Å². The maximum Gasteiger partial charge on any atom is 0.128 e. The van der Waals surface area contributed by atoms with Gasteiger partial charge < -0.3 is 15.4 Å². The molecular weight excluding hydrogens is 255 g/mol. The monoisotopic (exact) mass is 280 g/mol. The van der Waals surface area contributed by atoms with Crippen molar-refractivity contribution in [3.05, 3.63) is 29.6 Å². The molecule has 0 radical (unpaired) electrons. The summed E-state index contributed by atoms with van der Waals surface area (Å²) in [7, 11) is 0. The SMILES string of the molecule is CCC(N)Cc1c(F)cccc1N1CCOC(CC)C1. The molecule has 112 valence electrons. The van der Waals surface area contributed by atoms with Gasteiger partial charge in [-0.3, -0.25) is 0 Å². The molecule has 1 fully saturated rings. The molecule has 1 saturated heterocycles. The molecule has 20 heavy (non-hydrogen) atoms. The minimum absolute atomic E-state index is 0.00802. The lowest BCUT2D eigenvalue weighted by atomic mass is 10.0. The fraction of sp³-hybridized carbons (Fsp3) is 0.625. The van der Waals surface area contributed by atoms with Crippen molar-refractivity contribution < 1.29 is 9.13 Å². The first-order chi connectivity index (χ1) is 9.65. The number of rotatable bonds is 5. The number of morpholine rings is 1. The second kappa shape index (κ2) is 7.04. The van der Waals surface area contributed by atoms with Crippen LogP contribution in [0, 0.1) is 5.82 Å². The zero-order valence-electron chi connectivity index (χ0n) is 12.4. The van der Waals surface area contributed by atoms with Crippen LogP contribution in [0.2, 0.25) is 0 Å². The Bertz CT molecular complexity index is 438. The van der Waals surface area contributed by atoms with Crippen molar-refractivity contribution in [2.45, 2.75) is 45.3 Å². The summed E-state index contributed by atoms with van der Waals surface area (Å²) in [5.74, 6) is -0.147. The van der Waals surface area contributed by atoms with Crippen LogP contribution in [-0.4, -0.2) is 31.8 Å². The van der Waals surface area contributed by atoms with Gasteiger partial charge in [0.25, 0.3) is 0 Å². The third-order valence-corrected chi connectivity index (χ3v) is 4.02. The van der Waals surface area contributed by atoms with E-state index in [1.807, 2.05) is 13.0 Å². The van der Waals surface area contributed by atoms with E-state index >= 15 is 0 Å². The number of benzene rings is 1. The summed E-state index contributed by atoms with van der Waals surface area (Å²) >= 11 is 0. The van der Waals surface area contributed by atoms with Crippen molar-refractivity contribution in [1.29, 1.82) is 0 Å². The highest BCUT2D eigenvalue weighted by Gasteiger charge is 2.22. The lowest BCUT2D eigenvalue weighted by molar-refractivity contribution is 0.0383. The van der Waals surface area contributed by atoms with Crippen LogP contribution >= 0.6 is 0 Å². The molecule has 1 heterocycles. The highest BCUT2D eigenvalue weighted by atomic mass is 19.1. The largest absolute Gasteiger partial charge is 0.375 e. The Morgan fingerprint density at radius 2 is 2.25 bits per heavy atom. The average Bonchev–Trinajstić information content (AvgIpc) is 2.49. The van der Waals surface area contributed by atoms with Crippen molar-refractivity contribution >= 4 is 5.69 Å². The summed E-state index contributed by atoms with van der Waals surface area (Å²) in [6.45, 7) is 6.50. The van der Waals surface area contributed by atoms with Crippen molar-refractivity contribution in [3.63, 3.8) is 0 Å². The van der Waals surface area contributed by atoms with Gasteiger partial charge in [0, 0.05) is 30.4 Å². The Balaban J connectivity index is 2.23. The topological polar surface area (TPSA) is 38.5 Å². The summed E-state index contributed by atoms with van der Waals surface area (Å²) in [6, 6.07) is 5.31. The van der Waals surface area contributed by atoms with Crippen LogP contribution in [0.4, 0.5) is 10.1 Å². The van der Waals surface area contributed by atoms with Crippen LogP contribution < -0.4 is 10.6 Å². The Morgan fingerprint density at radius 1 is 1.45 bits per heavy atom. The van der Waals surface area contributed by atoms with Crippen LogP contribution in [0.25, 0.3) is 0 Å². The van der Waals surface area contributed by atoms with E-state index in [0.717, 1.165) is 37.2 Å². The maximum absolute atomic E-state index is 14.2. The number of ether oxygens (including phenoxy) is 1. The number of nitrogens with two attached hydrogens (primary N) is 1. The van der Waals surface area contributed by atoms with E-state index in [1.54, 1.807) is 6.07 Å². The third-order valence-electron chi connectivity index (χ3n) is 4.02. The lowest BCUT2D eigenvalue weighted by Gasteiger charge is -2.35. The van der Waals surface area contributed by atoms with E-state index in [2.05, 4.69) is 11.8 Å². The van der Waals surface area contributed by atoms with Crippen molar-refractivity contribution in [1.82, 2.24) is 0 Å². The number of anilines is 1. The molecule has 1 aliphatic heterocycles. The average molecular weight is 280 g/mol. The van der Waals surface area contributed by atoms with E-state index < -0.39 is 0 Å². The van der Waals surface area contributed by atoms with Gasteiger partial charge in [-0.15, -0.1) is 0 Å². The summed E-state index contributed by atoms with van der Waals surface area (Å²) in [5.41, 5.74) is 7.75. The quantitative estimate of drug-likeness (QED) is 0.901. The van der Waals surface area contributed by atoms with Gasteiger partial charge in [0.15, 0.2) is 0 Å². The molecule has 1 aromatic rings. The standard InChI is InChI=1S/C16H25FN2O/c1-3-12(18)10-14-15(17)6-5-7-16(14)19-8-9-20-13(4-2)11-19/h5-7,12-13H,3-4,8-11,18H2,1-2H3. The van der Waals surface area contributed by atoms with E-state index in [4.69, 9.17) is 10.5 Å². The smallest absolute Gasteiger partial charge is 0.128 e. The van der Waals surface area contributed by atoms with E-state index in [-0.39, 0.29) is 18.0 Å². The molecule has 2 atom stereocenters. The number of hydrogen-bond acceptors (Lipinski definition) is 3. The van der Waals surface area contributed by atoms with E-state index in [9.17, 15) is 4.39 Å². The molecule has 2 unspecified atom stereocenters. The molecule has 0 spiro atoms. The van der Waals surface area contributed by atoms with E-state index in [0.29, 0.717) is 13.0 Å². The number of nitrogens with zero attached hydrogens (tertiary/aromatic N) is 1. The summed E-state index contributed by atoms with van der Waals surface area (Å²) < 4.78 is 19.9. The van der Waals surface area contributed by atoms with E-state index in [1.165, 1.54) is 6.07 Å². The molecule has 0 bridgehead atoms. The van der Waals surface area contributed by atoms with Gasteiger partial charge in [-0.2, -0.15) is 0 Å². The lowest BCUT2D eigenvalue weighted by Crippen LogP contribution is -2.43. The first kappa shape index (κ1) is 15.3. The van der Waals surface area contributed by atoms with Gasteiger partial charge in [-0.25, -0.2) is 4.39 Å². The van der Waals surface area contributed by atoms with Crippen molar-refractivity contribution in [3.8, 4) is 0 Å². The normalized spacial score (nSPS) is 21.0. The Hall–Kier alpha value is -1.13. The molecule has 4 heteroatoms. The van der Waals surface area contributed by atoms with Crippen molar-refractivity contribution in [2.75, 3.05) is 24.6 Å². The Kier molecular flexibility index (Phi) is 5.38. The molecule has 1 aromatic carbocycles. The summed E-state index contributed by atoms with van der Waals surface area (Å²) in [5, 5.41) is 0. The van der Waals surface area contributed by atoms with Crippen LogP contribution in [0.5, 0.6) is 0 Å². The minimum Gasteiger partial charge on any atom is -0.375 e. The molecule has 0 amide bonds. The summed E-state index contributed by atoms with van der Waals surface area (Å²) in [6.07, 6.45) is 2.66. The zero-order chi connectivity index (χ0) is 14.5. The van der Waals surface area contributed by atoms with Gasteiger partial charge in [0.2, 0.25) is 0 Å². The highest BCUT2D eigenvalue weighted by molar-refractivity contribution is 5.55. The molecular formula is C16H25FN2O. The molecule has 2 rings (SSSR count). The van der Waals surface area contributed by atoms with Crippen molar-refractivity contribution in [2.24, 2.45) is 5.73 Å². The summed E-state index contributed by atoms with van der Waals surface area (Å²) in [4.78, 5) is 2.23. The fourth-order valence-corrected chi connectivity index (χ4v) is 2.64. The third kappa shape index (κ3) is 3.49. The molecule has 0 aromatic heterocycles. The number of halogens is 1. The molecule has 1 aliphatic rings. The first-order valence-corrected chi connectivity index (χ1v) is 7.55. The second-order valence-electron chi connectivity index (χ2n) is 5.46. The van der Waals surface area contributed by atoms with Gasteiger partial charge in [-0.1, -0.05) is 19.9 Å². The highest BCUT2D eigenvalue weighted by Crippen LogP contribution is 2.27. The molecule has 3 nitrogen and oxygen atoms in total. The maximum atomic E-state index is 14.2. The fourth-order valence-electron chi connectivity index (χ4n) is 2.64. The van der Waals surface area contributed by atoms with Gasteiger partial charge >= 0.3 is 0 Å². The molecule has 0 saturated carbocycles. The van der Waals surface area contributed by atoms with Crippen LogP contribution in [0.15, 0.2) is 18.2 Å². The van der Waals surface area contributed by atoms with Crippen LogP contribution in [0.3, 0.4) is 0 Å². The number of hydrogen-bond donors (Lipinski definition) is 1. The minimum atomic E-state index is -0.147. The first-order valence-electron chi connectivity index (χ1n) is 7.55. The predicted molar refractivity (Wildman–Crippen MR) is 80.6 cm³/mol. The Labute approximate surface area is 120 Å². The molecule has 2 N–H and O–H groups in total. The van der Waals surface area contributed by atoms with Crippen LogP contribution in [0.1, 0.15) is 32.3 Å². The Morgan fingerprint density at radius 3 is 2.95 bits per heavy atom. The van der Waals surface area contributed by atoms with Gasteiger partial charge in [-0.05, 0) is 31.4 Å². The van der Waals surface area contributed by atoms with Crippen LogP contribution in [-0.2, 0) is 11.2 Å². The molecule has 0 aliphatic carbocycles. The zero-order valence-corrected chi connectivity index (χ0v) is 12.4. The second-order valence-corrected chi connectivity index (χ2v) is 5.46. The predicted octanol–water partition coefficient (Wildman–Crippen LogP) is 2.72. The van der Waals surface area contributed by atoms with Gasteiger partial charge in [0.1, 0.15) is 5.82 Å².